The summed E-state index contributed by atoms with van der Waals surface area (Å²) in [6, 6.07) is 0. The molecule has 0 saturated carbocycles. The van der Waals surface area contributed by atoms with Gasteiger partial charge in [0.05, 0.1) is 31.6 Å². The van der Waals surface area contributed by atoms with Crippen LogP contribution in [0.25, 0.3) is 22.3 Å². The van der Waals surface area contributed by atoms with E-state index in [1.807, 2.05) is 0 Å². The lowest BCUT2D eigenvalue weighted by Crippen LogP contribution is -2.36. The van der Waals surface area contributed by atoms with Crippen molar-refractivity contribution in [1.29, 1.82) is 0 Å². The molecule has 0 amide bonds. The molecule has 2 unspecified atom stereocenters. The number of aryl methyl sites for hydroxylation is 1. The molecule has 6 heterocycles. The van der Waals surface area contributed by atoms with Crippen molar-refractivity contribution in [2.24, 2.45) is 0 Å². The highest BCUT2D eigenvalue weighted by atomic mass is 31.2. The molecule has 4 aromatic heterocycles. The zero-order valence-electron chi connectivity index (χ0n) is 22.5. The van der Waals surface area contributed by atoms with Crippen molar-refractivity contribution in [3.63, 3.8) is 0 Å². The minimum absolute atomic E-state index is 0.155. The summed E-state index contributed by atoms with van der Waals surface area (Å²) in [7, 11) is -8.44. The number of fused-ring (bicyclic) bond motifs is 2. The zero-order valence-corrected chi connectivity index (χ0v) is 24.4. The van der Waals surface area contributed by atoms with Crippen LogP contribution < -0.4 is 11.3 Å². The highest BCUT2D eigenvalue weighted by Crippen LogP contribution is 2.57. The second kappa shape index (κ2) is 11.6. The fourth-order valence-electron chi connectivity index (χ4n) is 5.25. The van der Waals surface area contributed by atoms with Crippen LogP contribution in [0.15, 0.2) is 23.8 Å². The molecule has 10 atom stereocenters. The molecule has 44 heavy (non-hydrogen) atoms. The predicted octanol–water partition coefficient (Wildman–Crippen LogP) is -2.30. The number of H-pyrrole nitrogens is 1. The first-order valence-electron chi connectivity index (χ1n) is 12.9. The lowest BCUT2D eigenvalue weighted by atomic mass is 10.1. The van der Waals surface area contributed by atoms with Crippen LogP contribution in [0.3, 0.4) is 0 Å². The summed E-state index contributed by atoms with van der Waals surface area (Å²) in [6.45, 7) is 0.328. The first kappa shape index (κ1) is 30.8. The molecule has 2 aliphatic rings. The Kier molecular flexibility index (Phi) is 8.14. The summed E-state index contributed by atoms with van der Waals surface area (Å²) in [5.41, 5.74) is 4.12. The van der Waals surface area contributed by atoms with E-state index < -0.39 is 83.3 Å². The highest BCUT2D eigenvalue weighted by Gasteiger charge is 2.56. The average Bonchev–Trinajstić information content (AvgIpc) is 3.72. The third-order valence-corrected chi connectivity index (χ3v) is 9.63. The summed E-state index contributed by atoms with van der Waals surface area (Å²) in [6.07, 6.45) is -6.72. The summed E-state index contributed by atoms with van der Waals surface area (Å²) in [4.78, 5) is 55.2. The van der Waals surface area contributed by atoms with Gasteiger partial charge in [0.25, 0.3) is 5.56 Å². The number of nitrogens with two attached hydrogens (primary N) is 1. The SMILES string of the molecule is Cc1ncnc2c1ncn2[C@@H]1O[C@H](COP(=O)(O)[C@@H]2[C@H](O)[C@@H](CO[PH](=O)O)O[C@H]2n2cnc3c(=O)[nH]c(N)nc32)[C@@H](O)[C@H]1O. The number of nitrogen functional groups attached to an aromatic ring is 1. The number of aliphatic hydroxyl groups excluding tert-OH is 3. The fourth-order valence-corrected chi connectivity index (χ4v) is 7.21. The lowest BCUT2D eigenvalue weighted by molar-refractivity contribution is -0.0494. The smallest absolute Gasteiger partial charge is 0.338 e. The van der Waals surface area contributed by atoms with Crippen LogP contribution >= 0.6 is 15.9 Å². The minimum atomic E-state index is -4.97. The molecule has 0 bridgehead atoms. The van der Waals surface area contributed by atoms with E-state index in [0.29, 0.717) is 16.9 Å². The van der Waals surface area contributed by atoms with Gasteiger partial charge in [-0.25, -0.2) is 19.9 Å². The summed E-state index contributed by atoms with van der Waals surface area (Å²) < 4.78 is 48.9. The Balaban J connectivity index is 1.26. The molecule has 23 heteroatoms. The third kappa shape index (κ3) is 5.35. The molecule has 2 fully saturated rings. The van der Waals surface area contributed by atoms with Crippen LogP contribution in [0.2, 0.25) is 0 Å². The zero-order chi connectivity index (χ0) is 31.5. The van der Waals surface area contributed by atoms with E-state index in [4.69, 9.17) is 29.1 Å². The van der Waals surface area contributed by atoms with Gasteiger partial charge in [-0.2, -0.15) is 4.98 Å². The van der Waals surface area contributed by atoms with Crippen LogP contribution in [-0.2, 0) is 27.7 Å². The minimum Gasteiger partial charge on any atom is -0.389 e. The maximum atomic E-state index is 13.7. The fraction of sp³-hybridized carbons (Fsp3) is 0.524. The van der Waals surface area contributed by atoms with Crippen molar-refractivity contribution < 1.29 is 52.8 Å². The van der Waals surface area contributed by atoms with E-state index in [0.717, 1.165) is 10.9 Å². The largest absolute Gasteiger partial charge is 0.389 e. The van der Waals surface area contributed by atoms with E-state index in [2.05, 4.69) is 29.9 Å². The van der Waals surface area contributed by atoms with Gasteiger partial charge in [-0.15, -0.1) is 0 Å². The van der Waals surface area contributed by atoms with Crippen LogP contribution in [0.5, 0.6) is 0 Å². The Morgan fingerprint density at radius 3 is 2.39 bits per heavy atom. The van der Waals surface area contributed by atoms with Crippen LogP contribution in [0, 0.1) is 6.92 Å². The molecule has 238 valence electrons. The number of nitrogens with one attached hydrogen (secondary N) is 1. The third-order valence-electron chi connectivity index (χ3n) is 7.39. The predicted molar refractivity (Wildman–Crippen MR) is 145 cm³/mol. The Labute approximate surface area is 245 Å². The number of hydrogen-bond donors (Lipinski definition) is 7. The summed E-state index contributed by atoms with van der Waals surface area (Å²) in [5, 5.41) is 32.5. The number of aliphatic hydroxyl groups is 3. The summed E-state index contributed by atoms with van der Waals surface area (Å²) in [5.74, 6) is -0.297. The monoisotopic (exact) mass is 659 g/mol. The molecule has 2 aliphatic heterocycles. The second-order valence-electron chi connectivity index (χ2n) is 10.1. The van der Waals surface area contributed by atoms with Gasteiger partial charge in [-0.3, -0.25) is 28.0 Å². The van der Waals surface area contributed by atoms with E-state index >= 15 is 0 Å². The molecule has 21 nitrogen and oxygen atoms in total. The summed E-state index contributed by atoms with van der Waals surface area (Å²) >= 11 is 0. The number of hydrogen-bond acceptors (Lipinski definition) is 16. The first-order valence-corrected chi connectivity index (χ1v) is 15.8. The van der Waals surface area contributed by atoms with Gasteiger partial charge in [0.1, 0.15) is 48.0 Å². The van der Waals surface area contributed by atoms with Gasteiger partial charge in [0, 0.05) is 0 Å². The van der Waals surface area contributed by atoms with E-state index in [9.17, 15) is 34.1 Å². The molecule has 6 rings (SSSR count). The first-order chi connectivity index (χ1) is 20.9. The van der Waals surface area contributed by atoms with Gasteiger partial charge >= 0.3 is 15.9 Å². The quantitative estimate of drug-likeness (QED) is 0.0929. The van der Waals surface area contributed by atoms with Gasteiger partial charge in [-0.05, 0) is 6.92 Å². The van der Waals surface area contributed by atoms with Gasteiger partial charge in [-0.1, -0.05) is 0 Å². The van der Waals surface area contributed by atoms with Gasteiger partial charge in [0.2, 0.25) is 5.95 Å². The number of aromatic nitrogens is 8. The molecule has 0 aromatic carbocycles. The van der Waals surface area contributed by atoms with Crippen molar-refractivity contribution >= 4 is 44.1 Å². The molecule has 0 aliphatic carbocycles. The highest BCUT2D eigenvalue weighted by molar-refractivity contribution is 7.53. The lowest BCUT2D eigenvalue weighted by Gasteiger charge is -2.27. The Morgan fingerprint density at radius 1 is 1.00 bits per heavy atom. The Hall–Kier alpha value is -3.20. The van der Waals surface area contributed by atoms with Crippen LogP contribution in [-0.4, -0.2) is 114 Å². The van der Waals surface area contributed by atoms with Crippen molar-refractivity contribution in [1.82, 2.24) is 39.0 Å². The van der Waals surface area contributed by atoms with Gasteiger partial charge < -0.3 is 49.4 Å². The number of aromatic amines is 1. The van der Waals surface area contributed by atoms with Gasteiger partial charge in [0.15, 0.2) is 29.3 Å². The van der Waals surface area contributed by atoms with Crippen molar-refractivity contribution in [3.05, 3.63) is 35.0 Å². The Morgan fingerprint density at radius 2 is 1.66 bits per heavy atom. The number of imidazole rings is 2. The normalized spacial score (nSPS) is 31.1. The van der Waals surface area contributed by atoms with E-state index in [1.165, 1.54) is 17.2 Å². The number of anilines is 1. The molecule has 4 aromatic rings. The van der Waals surface area contributed by atoms with Crippen molar-refractivity contribution in [2.45, 2.75) is 55.6 Å². The van der Waals surface area contributed by atoms with Crippen LogP contribution in [0.4, 0.5) is 5.95 Å². The Bertz CT molecular complexity index is 1830. The van der Waals surface area contributed by atoms with Crippen molar-refractivity contribution in [2.75, 3.05) is 18.9 Å². The second-order valence-corrected chi connectivity index (χ2v) is 12.9. The molecule has 0 spiro atoms. The maximum absolute atomic E-state index is 13.7. The maximum Gasteiger partial charge on any atom is 0.338 e. The molecular weight excluding hydrogens is 632 g/mol. The van der Waals surface area contributed by atoms with Crippen LogP contribution in [0.1, 0.15) is 18.1 Å². The standard InChI is InChI=1S/C21H27N9O12P2/c1-7-10-16(24-4-23-7)29(5-25-10)19-14(33)12(31)9(41-19)3-40-44(37,38)15-13(32)8(2-39-43(35)36)42-20(15)30-6-26-11-17(30)27-21(22)28-18(11)34/h4-6,8-9,12-15,19-20,31-33,43H,2-3H2,1H3,(H,35,36)(H,37,38)(H3,22,27,28,34)/t8-,9-,12-,13-,14-,15-,19-,20-/m1/s1. The van der Waals surface area contributed by atoms with E-state index in [-0.39, 0.29) is 17.1 Å². The number of nitrogens with zero attached hydrogens (tertiary/aromatic N) is 7. The topological polar surface area (TPSA) is 305 Å². The molecule has 8 N–H and O–H groups in total. The number of rotatable bonds is 9. The van der Waals surface area contributed by atoms with Crippen molar-refractivity contribution in [3.8, 4) is 0 Å². The molecular formula is C21H27N9O12P2. The van der Waals surface area contributed by atoms with E-state index in [1.54, 1.807) is 6.92 Å². The molecule has 0 radical (unpaired) electrons. The number of ether oxygens (including phenoxy) is 2. The molecule has 2 saturated heterocycles. The average molecular weight is 659 g/mol.